The van der Waals surface area contributed by atoms with Crippen molar-refractivity contribution in [2.75, 3.05) is 10.0 Å². The van der Waals surface area contributed by atoms with Gasteiger partial charge in [0.05, 0.1) is 21.3 Å². The van der Waals surface area contributed by atoms with Gasteiger partial charge in [-0.2, -0.15) is 0 Å². The molecule has 4 aromatic rings. The Labute approximate surface area is 277 Å². The van der Waals surface area contributed by atoms with Crippen molar-refractivity contribution >= 4 is 51.1 Å². The van der Waals surface area contributed by atoms with Crippen LogP contribution in [0.5, 0.6) is 0 Å². The van der Waals surface area contributed by atoms with E-state index in [2.05, 4.69) is 25.3 Å². The number of para-hydroxylation sites is 1. The number of amides is 1. The predicted octanol–water partition coefficient (Wildman–Crippen LogP) is 7.53. The molecule has 0 spiro atoms. The monoisotopic (exact) mass is 684 g/mol. The average molecular weight is 685 g/mol. The summed E-state index contributed by atoms with van der Waals surface area (Å²) in [6.45, 7) is 5.51. The molecule has 0 saturated heterocycles. The van der Waals surface area contributed by atoms with Crippen LogP contribution >= 0.6 is 23.4 Å². The summed E-state index contributed by atoms with van der Waals surface area (Å²) in [5.74, 6) is -0.266. The molecule has 1 fully saturated rings. The number of halogens is 2. The van der Waals surface area contributed by atoms with Gasteiger partial charge in [0.2, 0.25) is 5.95 Å². The molecular formula is C32H34ClFN6O4S2. The molecule has 3 N–H and O–H groups in total. The molecule has 10 nitrogen and oxygen atoms in total. The third-order valence-electron chi connectivity index (χ3n) is 7.02. The molecule has 0 atom stereocenters. The molecule has 0 radical (unpaired) electrons. The quantitative estimate of drug-likeness (QED) is 0.163. The van der Waals surface area contributed by atoms with Gasteiger partial charge in [0, 0.05) is 34.9 Å². The second-order valence-corrected chi connectivity index (χ2v) is 14.9. The molecule has 1 amide bonds. The molecule has 2 heterocycles. The van der Waals surface area contributed by atoms with Gasteiger partial charge in [0.15, 0.2) is 0 Å². The number of hydrogen-bond acceptors (Lipinski definition) is 9. The molecule has 0 aliphatic heterocycles. The highest BCUT2D eigenvalue weighted by molar-refractivity contribution is 7.99. The van der Waals surface area contributed by atoms with Crippen molar-refractivity contribution < 1.29 is 22.3 Å². The summed E-state index contributed by atoms with van der Waals surface area (Å²) in [5, 5.41) is 7.06. The van der Waals surface area contributed by atoms with E-state index >= 15 is 4.39 Å². The van der Waals surface area contributed by atoms with Gasteiger partial charge in [-0.1, -0.05) is 35.5 Å². The van der Waals surface area contributed by atoms with Crippen LogP contribution in [0.1, 0.15) is 46.5 Å². The Morgan fingerprint density at radius 2 is 1.72 bits per heavy atom. The van der Waals surface area contributed by atoms with E-state index in [1.165, 1.54) is 18.2 Å². The number of rotatable bonds is 9. The predicted molar refractivity (Wildman–Crippen MR) is 177 cm³/mol. The maximum absolute atomic E-state index is 15.3. The normalized spacial score (nSPS) is 16.8. The van der Waals surface area contributed by atoms with Crippen molar-refractivity contribution in [1.29, 1.82) is 0 Å². The van der Waals surface area contributed by atoms with Gasteiger partial charge in [-0.05, 0) is 95.0 Å². The SMILES string of the molecule is CC(C)(C)OC(=O)NC1CCC(Nc2nccc(-c3cccnc3Sc3ccc(S(=O)(=O)Nc4ccccc4Cl)cc3F)n2)CC1. The van der Waals surface area contributed by atoms with Crippen LogP contribution < -0.4 is 15.4 Å². The summed E-state index contributed by atoms with van der Waals surface area (Å²) in [6.07, 6.45) is 6.07. The van der Waals surface area contributed by atoms with Gasteiger partial charge < -0.3 is 15.4 Å². The lowest BCUT2D eigenvalue weighted by molar-refractivity contribution is 0.0492. The highest BCUT2D eigenvalue weighted by atomic mass is 35.5. The Morgan fingerprint density at radius 3 is 2.43 bits per heavy atom. The molecule has 2 aromatic heterocycles. The average Bonchev–Trinajstić information content (AvgIpc) is 3.00. The molecule has 2 aromatic carbocycles. The van der Waals surface area contributed by atoms with Crippen molar-refractivity contribution in [3.05, 3.63) is 83.9 Å². The van der Waals surface area contributed by atoms with E-state index in [0.717, 1.165) is 43.5 Å². The van der Waals surface area contributed by atoms with Crippen LogP contribution in [0.15, 0.2) is 87.9 Å². The van der Waals surface area contributed by atoms with Crippen LogP contribution in [0.25, 0.3) is 11.3 Å². The molecule has 242 valence electrons. The number of carbonyl (C=O) groups excluding carboxylic acids is 1. The first-order valence-electron chi connectivity index (χ1n) is 14.7. The van der Waals surface area contributed by atoms with Crippen LogP contribution in [0.2, 0.25) is 5.02 Å². The Hall–Kier alpha value is -3.94. The van der Waals surface area contributed by atoms with Gasteiger partial charge in [0.25, 0.3) is 10.0 Å². The second kappa shape index (κ2) is 14.2. The Kier molecular flexibility index (Phi) is 10.3. The lowest BCUT2D eigenvalue weighted by Crippen LogP contribution is -2.42. The van der Waals surface area contributed by atoms with Gasteiger partial charge >= 0.3 is 6.09 Å². The molecule has 46 heavy (non-hydrogen) atoms. The third-order valence-corrected chi connectivity index (χ3v) is 9.78. The van der Waals surface area contributed by atoms with Crippen LogP contribution in [0.4, 0.5) is 20.8 Å². The fourth-order valence-corrected chi connectivity index (χ4v) is 7.09. The van der Waals surface area contributed by atoms with E-state index in [4.69, 9.17) is 21.3 Å². The highest BCUT2D eigenvalue weighted by Gasteiger charge is 2.25. The smallest absolute Gasteiger partial charge is 0.407 e. The van der Waals surface area contributed by atoms with E-state index in [0.29, 0.717) is 22.2 Å². The largest absolute Gasteiger partial charge is 0.444 e. The zero-order valence-corrected chi connectivity index (χ0v) is 27.8. The van der Waals surface area contributed by atoms with E-state index in [1.807, 2.05) is 26.8 Å². The van der Waals surface area contributed by atoms with Crippen LogP contribution in [0.3, 0.4) is 0 Å². The van der Waals surface area contributed by atoms with Crippen LogP contribution in [-0.4, -0.2) is 47.1 Å². The second-order valence-electron chi connectivity index (χ2n) is 11.7. The number of nitrogens with zero attached hydrogens (tertiary/aromatic N) is 3. The zero-order valence-electron chi connectivity index (χ0n) is 25.5. The number of pyridine rings is 1. The molecule has 5 rings (SSSR count). The molecular weight excluding hydrogens is 651 g/mol. The number of ether oxygens (including phenoxy) is 1. The van der Waals surface area contributed by atoms with E-state index in [1.54, 1.807) is 42.7 Å². The van der Waals surface area contributed by atoms with Crippen molar-refractivity contribution in [2.24, 2.45) is 0 Å². The summed E-state index contributed by atoms with van der Waals surface area (Å²) in [4.78, 5) is 25.6. The maximum Gasteiger partial charge on any atom is 0.407 e. The first kappa shape index (κ1) is 33.4. The van der Waals surface area contributed by atoms with Gasteiger partial charge in [-0.3, -0.25) is 4.72 Å². The zero-order chi connectivity index (χ0) is 32.9. The van der Waals surface area contributed by atoms with Crippen molar-refractivity contribution in [1.82, 2.24) is 20.3 Å². The van der Waals surface area contributed by atoms with Crippen molar-refractivity contribution in [3.8, 4) is 11.3 Å². The lowest BCUT2D eigenvalue weighted by Gasteiger charge is -2.30. The summed E-state index contributed by atoms with van der Waals surface area (Å²) in [6, 6.07) is 15.6. The molecule has 14 heteroatoms. The highest BCUT2D eigenvalue weighted by Crippen LogP contribution is 2.36. The topological polar surface area (TPSA) is 135 Å². The standard InChI is InChI=1S/C32H34ClFN6O4S2/c1-32(2,3)44-31(41)38-21-12-10-20(11-13-21)37-30-36-18-16-26(39-30)23-7-6-17-35-29(23)45-28-15-14-22(19-25(28)34)46(42,43)40-27-9-5-4-8-24(27)33/h4-9,14-21,40H,10-13H2,1-3H3,(H,38,41)(H,36,37,39). The number of benzene rings is 2. The van der Waals surface area contributed by atoms with Crippen molar-refractivity contribution in [3.63, 3.8) is 0 Å². The number of alkyl carbamates (subject to hydrolysis) is 1. The molecule has 1 saturated carbocycles. The van der Waals surface area contributed by atoms with Crippen molar-refractivity contribution in [2.45, 2.75) is 79.0 Å². The van der Waals surface area contributed by atoms with Crippen LogP contribution in [-0.2, 0) is 14.8 Å². The first-order chi connectivity index (χ1) is 21.9. The number of aromatic nitrogens is 3. The first-order valence-corrected chi connectivity index (χ1v) is 17.3. The molecule has 0 unspecified atom stereocenters. The number of sulfonamides is 1. The minimum absolute atomic E-state index is 0.0447. The summed E-state index contributed by atoms with van der Waals surface area (Å²) in [7, 11) is -4.08. The Bertz CT molecular complexity index is 1810. The van der Waals surface area contributed by atoms with Gasteiger partial charge in [0.1, 0.15) is 16.4 Å². The molecule has 1 aliphatic rings. The minimum atomic E-state index is -4.08. The molecule has 1 aliphatic carbocycles. The number of hydrogen-bond donors (Lipinski definition) is 3. The van der Waals surface area contributed by atoms with E-state index in [-0.39, 0.29) is 32.6 Å². The number of anilines is 2. The molecule has 0 bridgehead atoms. The summed E-state index contributed by atoms with van der Waals surface area (Å²) >= 11 is 7.15. The third kappa shape index (κ3) is 8.86. The number of nitrogens with one attached hydrogen (secondary N) is 3. The lowest BCUT2D eigenvalue weighted by atomic mass is 9.91. The van der Waals surface area contributed by atoms with Gasteiger partial charge in [-0.25, -0.2) is 32.6 Å². The maximum atomic E-state index is 15.3. The number of carbonyl (C=O) groups is 1. The van der Waals surface area contributed by atoms with E-state index < -0.39 is 27.5 Å². The Morgan fingerprint density at radius 1 is 0.978 bits per heavy atom. The fraction of sp³-hybridized carbons (Fsp3) is 0.312. The Balaban J connectivity index is 1.25. The minimum Gasteiger partial charge on any atom is -0.444 e. The summed E-state index contributed by atoms with van der Waals surface area (Å²) < 4.78 is 48.8. The summed E-state index contributed by atoms with van der Waals surface area (Å²) in [5.41, 5.74) is 0.912. The van der Waals surface area contributed by atoms with E-state index in [9.17, 15) is 13.2 Å². The fourth-order valence-electron chi connectivity index (χ4n) is 4.87. The van der Waals surface area contributed by atoms with Gasteiger partial charge in [-0.15, -0.1) is 0 Å². The van der Waals surface area contributed by atoms with Crippen LogP contribution in [0, 0.1) is 5.82 Å².